The summed E-state index contributed by atoms with van der Waals surface area (Å²) in [5.74, 6) is -0.491. The number of carboxylic acids is 1. The summed E-state index contributed by atoms with van der Waals surface area (Å²) < 4.78 is 6.83. The monoisotopic (exact) mass is 405 g/mol. The molecule has 1 aliphatic rings. The van der Waals surface area contributed by atoms with Crippen molar-refractivity contribution >= 4 is 40.1 Å². The van der Waals surface area contributed by atoms with Gasteiger partial charge in [-0.05, 0) is 54.0 Å². The van der Waals surface area contributed by atoms with Crippen LogP contribution in [-0.4, -0.2) is 33.6 Å². The number of rotatable bonds is 5. The van der Waals surface area contributed by atoms with E-state index in [1.807, 2.05) is 30.3 Å². The van der Waals surface area contributed by atoms with Crippen LogP contribution in [0, 0.1) is 0 Å². The fourth-order valence-electron chi connectivity index (χ4n) is 3.48. The molecule has 152 valence electrons. The SMILES string of the molecule is COc1ccc(C=C2CCn3c2nc2cc(NC(=O)CC(=O)O)ccc2c3=O)cc1. The molecule has 0 unspecified atom stereocenters. The molecule has 2 aromatic carbocycles. The van der Waals surface area contributed by atoms with Crippen LogP contribution in [0.15, 0.2) is 47.3 Å². The molecule has 0 atom stereocenters. The van der Waals surface area contributed by atoms with Crippen molar-refractivity contribution in [3.8, 4) is 5.75 Å². The molecule has 0 bridgehead atoms. The van der Waals surface area contributed by atoms with Crippen molar-refractivity contribution in [3.05, 3.63) is 64.2 Å². The zero-order chi connectivity index (χ0) is 21.3. The van der Waals surface area contributed by atoms with Crippen LogP contribution < -0.4 is 15.6 Å². The molecule has 8 heteroatoms. The number of ether oxygens (including phenoxy) is 1. The average Bonchev–Trinajstić information content (AvgIpc) is 3.10. The van der Waals surface area contributed by atoms with Crippen LogP contribution in [0.25, 0.3) is 22.6 Å². The van der Waals surface area contributed by atoms with Gasteiger partial charge in [0, 0.05) is 12.2 Å². The molecule has 30 heavy (non-hydrogen) atoms. The van der Waals surface area contributed by atoms with E-state index in [4.69, 9.17) is 9.84 Å². The first-order chi connectivity index (χ1) is 14.4. The van der Waals surface area contributed by atoms with Crippen molar-refractivity contribution in [2.24, 2.45) is 0 Å². The second-order valence-electron chi connectivity index (χ2n) is 6.94. The summed E-state index contributed by atoms with van der Waals surface area (Å²) >= 11 is 0. The van der Waals surface area contributed by atoms with Gasteiger partial charge >= 0.3 is 5.97 Å². The van der Waals surface area contributed by atoms with Crippen molar-refractivity contribution < 1.29 is 19.4 Å². The molecule has 0 aliphatic carbocycles. The highest BCUT2D eigenvalue weighted by molar-refractivity contribution is 6.02. The molecule has 3 aromatic rings. The van der Waals surface area contributed by atoms with Gasteiger partial charge in [0.1, 0.15) is 18.0 Å². The van der Waals surface area contributed by atoms with Crippen molar-refractivity contribution in [3.63, 3.8) is 0 Å². The van der Waals surface area contributed by atoms with Gasteiger partial charge in [-0.25, -0.2) is 4.98 Å². The van der Waals surface area contributed by atoms with E-state index >= 15 is 0 Å². The first kappa shape index (κ1) is 19.4. The van der Waals surface area contributed by atoms with Crippen LogP contribution in [0.4, 0.5) is 5.69 Å². The zero-order valence-corrected chi connectivity index (χ0v) is 16.2. The molecule has 1 amide bonds. The highest BCUT2D eigenvalue weighted by atomic mass is 16.5. The number of benzene rings is 2. The Hall–Kier alpha value is -3.94. The molecule has 8 nitrogen and oxygen atoms in total. The third kappa shape index (κ3) is 3.80. The van der Waals surface area contributed by atoms with Gasteiger partial charge in [0.05, 0.1) is 18.0 Å². The molecule has 1 aromatic heterocycles. The average molecular weight is 405 g/mol. The number of amides is 1. The van der Waals surface area contributed by atoms with Crippen LogP contribution in [-0.2, 0) is 16.1 Å². The number of nitrogens with one attached hydrogen (secondary N) is 1. The Morgan fingerprint density at radius 1 is 1.23 bits per heavy atom. The number of fused-ring (bicyclic) bond motifs is 2. The lowest BCUT2D eigenvalue weighted by Gasteiger charge is -2.08. The van der Waals surface area contributed by atoms with Crippen molar-refractivity contribution in [1.29, 1.82) is 0 Å². The Morgan fingerprint density at radius 3 is 2.70 bits per heavy atom. The number of hydrogen-bond acceptors (Lipinski definition) is 5. The molecule has 0 radical (unpaired) electrons. The van der Waals surface area contributed by atoms with Crippen molar-refractivity contribution in [1.82, 2.24) is 9.55 Å². The van der Waals surface area contributed by atoms with E-state index in [0.29, 0.717) is 35.4 Å². The van der Waals surface area contributed by atoms with E-state index in [9.17, 15) is 14.4 Å². The molecule has 0 fully saturated rings. The summed E-state index contributed by atoms with van der Waals surface area (Å²) in [6.07, 6.45) is 2.05. The van der Waals surface area contributed by atoms with Crippen molar-refractivity contribution in [2.75, 3.05) is 12.4 Å². The second-order valence-corrected chi connectivity index (χ2v) is 6.94. The van der Waals surface area contributed by atoms with E-state index < -0.39 is 18.3 Å². The zero-order valence-electron chi connectivity index (χ0n) is 16.2. The normalized spacial score (nSPS) is 14.0. The molecule has 0 saturated heterocycles. The summed E-state index contributed by atoms with van der Waals surface area (Å²) in [6.45, 7) is 0.552. The van der Waals surface area contributed by atoms with Crippen LogP contribution in [0.3, 0.4) is 0 Å². The number of carbonyl (C=O) groups excluding carboxylic acids is 1. The van der Waals surface area contributed by atoms with Crippen LogP contribution in [0.2, 0.25) is 0 Å². The Balaban J connectivity index is 1.71. The number of aliphatic carboxylic acids is 1. The fourth-order valence-corrected chi connectivity index (χ4v) is 3.48. The Kier molecular flexibility index (Phi) is 5.05. The number of hydrogen-bond donors (Lipinski definition) is 2. The standard InChI is InChI=1S/C22H19N3O5/c1-30-16-5-2-13(3-6-16)10-14-8-9-25-21(14)24-18-11-15(4-7-17(18)22(25)29)23-19(26)12-20(27)28/h2-7,10-11H,8-9,12H2,1H3,(H,23,26)(H,27,28). The van der Waals surface area contributed by atoms with E-state index in [1.165, 1.54) is 0 Å². The number of anilines is 1. The predicted molar refractivity (Wildman–Crippen MR) is 112 cm³/mol. The van der Waals surface area contributed by atoms with Crippen LogP contribution in [0.1, 0.15) is 24.2 Å². The molecule has 2 heterocycles. The quantitative estimate of drug-likeness (QED) is 0.632. The number of carbonyl (C=O) groups is 2. The number of allylic oxidation sites excluding steroid dienone is 1. The Bertz CT molecular complexity index is 1240. The fraction of sp³-hybridized carbons (Fsp3) is 0.182. The van der Waals surface area contributed by atoms with Gasteiger partial charge in [0.2, 0.25) is 5.91 Å². The first-order valence-electron chi connectivity index (χ1n) is 9.36. The summed E-state index contributed by atoms with van der Waals surface area (Å²) in [6, 6.07) is 12.4. The first-order valence-corrected chi connectivity index (χ1v) is 9.36. The van der Waals surface area contributed by atoms with E-state index in [1.54, 1.807) is 29.9 Å². The number of nitrogens with zero attached hydrogens (tertiary/aromatic N) is 2. The van der Waals surface area contributed by atoms with E-state index in [-0.39, 0.29) is 5.56 Å². The number of carboxylic acid groups (broad SMARTS) is 1. The summed E-state index contributed by atoms with van der Waals surface area (Å²) in [7, 11) is 1.61. The minimum Gasteiger partial charge on any atom is -0.497 e. The molecule has 2 N–H and O–H groups in total. The number of aromatic nitrogens is 2. The van der Waals surface area contributed by atoms with Crippen LogP contribution >= 0.6 is 0 Å². The second kappa shape index (κ2) is 7.82. The Morgan fingerprint density at radius 2 is 2.00 bits per heavy atom. The maximum atomic E-state index is 12.9. The van der Waals surface area contributed by atoms with E-state index in [2.05, 4.69) is 10.3 Å². The van der Waals surface area contributed by atoms with Crippen molar-refractivity contribution in [2.45, 2.75) is 19.4 Å². The van der Waals surface area contributed by atoms with Gasteiger partial charge in [-0.1, -0.05) is 12.1 Å². The van der Waals surface area contributed by atoms with Gasteiger partial charge in [0.15, 0.2) is 0 Å². The maximum Gasteiger partial charge on any atom is 0.312 e. The largest absolute Gasteiger partial charge is 0.497 e. The highest BCUT2D eigenvalue weighted by Crippen LogP contribution is 2.28. The third-order valence-corrected chi connectivity index (χ3v) is 4.90. The smallest absolute Gasteiger partial charge is 0.312 e. The van der Waals surface area contributed by atoms with Crippen LogP contribution in [0.5, 0.6) is 5.75 Å². The molecular weight excluding hydrogens is 386 g/mol. The summed E-state index contributed by atoms with van der Waals surface area (Å²) in [5, 5.41) is 11.7. The molecule has 1 aliphatic heterocycles. The highest BCUT2D eigenvalue weighted by Gasteiger charge is 2.21. The van der Waals surface area contributed by atoms with Gasteiger partial charge in [-0.3, -0.25) is 19.0 Å². The molecule has 4 rings (SSSR count). The lowest BCUT2D eigenvalue weighted by molar-refractivity contribution is -0.139. The maximum absolute atomic E-state index is 12.9. The molecule has 0 spiro atoms. The van der Waals surface area contributed by atoms with Gasteiger partial charge < -0.3 is 15.2 Å². The molecule has 0 saturated carbocycles. The number of methoxy groups -OCH3 is 1. The lowest BCUT2D eigenvalue weighted by atomic mass is 10.1. The summed E-state index contributed by atoms with van der Waals surface area (Å²) in [4.78, 5) is 39.9. The van der Waals surface area contributed by atoms with Gasteiger partial charge in [0.25, 0.3) is 5.56 Å². The summed E-state index contributed by atoms with van der Waals surface area (Å²) in [5.41, 5.74) is 2.62. The third-order valence-electron chi connectivity index (χ3n) is 4.90. The minimum atomic E-state index is -1.21. The topological polar surface area (TPSA) is 111 Å². The predicted octanol–water partition coefficient (Wildman–Crippen LogP) is 2.76. The van der Waals surface area contributed by atoms with E-state index in [0.717, 1.165) is 16.9 Å². The Labute approximate surface area is 171 Å². The minimum absolute atomic E-state index is 0.142. The molecular formula is C22H19N3O5. The van der Waals surface area contributed by atoms with Gasteiger partial charge in [-0.2, -0.15) is 0 Å². The van der Waals surface area contributed by atoms with Gasteiger partial charge in [-0.15, -0.1) is 0 Å². The lowest BCUT2D eigenvalue weighted by Crippen LogP contribution is -2.21.